The summed E-state index contributed by atoms with van der Waals surface area (Å²) in [6.45, 7) is 5.56. The van der Waals surface area contributed by atoms with Gasteiger partial charge >= 0.3 is 0 Å². The second-order valence-electron chi connectivity index (χ2n) is 16.5. The van der Waals surface area contributed by atoms with Gasteiger partial charge < -0.3 is 34.9 Å². The number of amides is 6. The van der Waals surface area contributed by atoms with E-state index < -0.39 is 51.6 Å². The van der Waals surface area contributed by atoms with E-state index in [1.807, 2.05) is 48.2 Å². The molecule has 5 N–H and O–H groups in total. The van der Waals surface area contributed by atoms with Gasteiger partial charge in [0, 0.05) is 73.3 Å². The Labute approximate surface area is 387 Å². The second-order valence-corrected chi connectivity index (χ2v) is 18.2. The van der Waals surface area contributed by atoms with E-state index in [2.05, 4.69) is 30.6 Å². The number of piperazine rings is 1. The number of sulfonamides is 1. The maximum absolute atomic E-state index is 13.8. The molecule has 0 bridgehead atoms. The zero-order valence-corrected chi connectivity index (χ0v) is 37.7. The molecule has 3 aliphatic rings. The standard InChI is InChI=1S/C48H52N8O10S/c1-31-9-15-35(16-10-31)67(63,64)53-40(29-32-30-50-38-7-3-2-5-36(32)38)45(59)51-33-11-13-34(14-12-33)54-21-23-55(24-22-54)43(58)19-25-65-27-28-66-26-20-49-39-8-4-6-37-44(39)48(62)56(47(37)61)41-17-18-42(57)52-46(41)60/h2-16,30,40-41,49-50,53H,17-29H2,1H3,(H,51,59)(H,52,57,60). The Morgan fingerprint density at radius 1 is 0.821 bits per heavy atom. The van der Waals surface area contributed by atoms with Crippen molar-refractivity contribution in [1.82, 2.24) is 24.8 Å². The van der Waals surface area contributed by atoms with Gasteiger partial charge in [0.25, 0.3) is 11.8 Å². The number of nitrogens with one attached hydrogen (secondary N) is 5. The average Bonchev–Trinajstić information content (AvgIpc) is 3.85. The number of aryl methyl sites for hydroxylation is 1. The van der Waals surface area contributed by atoms with Gasteiger partial charge in [0.05, 0.1) is 48.9 Å². The molecule has 2 saturated heterocycles. The third-order valence-corrected chi connectivity index (χ3v) is 13.5. The lowest BCUT2D eigenvalue weighted by atomic mass is 10.0. The van der Waals surface area contributed by atoms with Crippen LogP contribution in [0.3, 0.4) is 0 Å². The molecule has 2 atom stereocenters. The minimum absolute atomic E-state index is 0.0115. The van der Waals surface area contributed by atoms with Gasteiger partial charge in [-0.1, -0.05) is 42.0 Å². The number of H-pyrrole nitrogens is 1. The summed E-state index contributed by atoms with van der Waals surface area (Å²) in [6.07, 6.45) is 2.25. The lowest BCUT2D eigenvalue weighted by Crippen LogP contribution is -2.54. The summed E-state index contributed by atoms with van der Waals surface area (Å²) < 4.78 is 40.9. The van der Waals surface area contributed by atoms with Gasteiger partial charge in [0.2, 0.25) is 33.7 Å². The summed E-state index contributed by atoms with van der Waals surface area (Å²) in [4.78, 5) is 85.3. The number of fused-ring (bicyclic) bond motifs is 2. The fraction of sp³-hybridized carbons (Fsp3) is 0.333. The number of para-hydroxylation sites is 1. The minimum Gasteiger partial charge on any atom is -0.382 e. The summed E-state index contributed by atoms with van der Waals surface area (Å²) >= 11 is 0. The fourth-order valence-electron chi connectivity index (χ4n) is 8.44. The molecule has 0 spiro atoms. The number of carbonyl (C=O) groups is 6. The van der Waals surface area contributed by atoms with Crippen molar-refractivity contribution in [2.45, 2.75) is 49.6 Å². The lowest BCUT2D eigenvalue weighted by Gasteiger charge is -2.36. The molecule has 0 radical (unpaired) electrons. The monoisotopic (exact) mass is 932 g/mol. The van der Waals surface area contributed by atoms with Gasteiger partial charge in [-0.05, 0) is 79.9 Å². The number of carbonyl (C=O) groups excluding carboxylic acids is 6. The molecule has 4 heterocycles. The highest BCUT2D eigenvalue weighted by atomic mass is 32.2. The number of rotatable bonds is 19. The molecule has 350 valence electrons. The first-order valence-corrected chi connectivity index (χ1v) is 23.7. The quantitative estimate of drug-likeness (QED) is 0.0592. The number of hydrogen-bond donors (Lipinski definition) is 5. The molecule has 6 amide bonds. The molecule has 1 aromatic heterocycles. The maximum Gasteiger partial charge on any atom is 0.264 e. The van der Waals surface area contributed by atoms with Crippen LogP contribution in [-0.2, 0) is 45.1 Å². The number of anilines is 3. The number of aromatic amines is 1. The number of imide groups is 2. The molecule has 18 nitrogen and oxygen atoms in total. The Morgan fingerprint density at radius 3 is 2.30 bits per heavy atom. The van der Waals surface area contributed by atoms with E-state index in [-0.39, 0.29) is 74.0 Å². The Hall–Kier alpha value is -6.93. The summed E-state index contributed by atoms with van der Waals surface area (Å²) in [5.74, 6) is -2.78. The van der Waals surface area contributed by atoms with E-state index in [1.54, 1.807) is 42.6 Å². The summed E-state index contributed by atoms with van der Waals surface area (Å²) in [7, 11) is -4.03. The summed E-state index contributed by atoms with van der Waals surface area (Å²) in [5.41, 5.74) is 4.84. The first kappa shape index (κ1) is 46.6. The first-order valence-electron chi connectivity index (χ1n) is 22.2. The van der Waals surface area contributed by atoms with Gasteiger partial charge in [-0.25, -0.2) is 8.42 Å². The predicted molar refractivity (Wildman–Crippen MR) is 249 cm³/mol. The smallest absolute Gasteiger partial charge is 0.264 e. The molecular weight excluding hydrogens is 881 g/mol. The van der Waals surface area contributed by atoms with Crippen LogP contribution in [0.25, 0.3) is 10.9 Å². The Bertz CT molecular complexity index is 2770. The van der Waals surface area contributed by atoms with Gasteiger partial charge in [-0.2, -0.15) is 4.72 Å². The molecule has 19 heteroatoms. The van der Waals surface area contributed by atoms with E-state index in [9.17, 15) is 37.2 Å². The molecule has 67 heavy (non-hydrogen) atoms. The van der Waals surface area contributed by atoms with Gasteiger partial charge in [0.15, 0.2) is 0 Å². The van der Waals surface area contributed by atoms with Crippen LogP contribution in [0.5, 0.6) is 0 Å². The lowest BCUT2D eigenvalue weighted by molar-refractivity contribution is -0.136. The van der Waals surface area contributed by atoms with Crippen molar-refractivity contribution in [3.8, 4) is 0 Å². The Morgan fingerprint density at radius 2 is 1.55 bits per heavy atom. The minimum atomic E-state index is -4.03. The number of aromatic nitrogens is 1. The van der Waals surface area contributed by atoms with E-state index >= 15 is 0 Å². The van der Waals surface area contributed by atoms with Crippen molar-refractivity contribution < 1.29 is 46.7 Å². The molecular formula is C48H52N8O10S. The van der Waals surface area contributed by atoms with Crippen LogP contribution < -0.4 is 25.6 Å². The highest BCUT2D eigenvalue weighted by Crippen LogP contribution is 2.32. The number of benzene rings is 4. The van der Waals surface area contributed by atoms with Crippen LogP contribution in [0.4, 0.5) is 17.1 Å². The van der Waals surface area contributed by atoms with Gasteiger partial charge in [-0.15, -0.1) is 0 Å². The largest absolute Gasteiger partial charge is 0.382 e. The number of hydrogen-bond acceptors (Lipinski definition) is 12. The van der Waals surface area contributed by atoms with Gasteiger partial charge in [0.1, 0.15) is 12.1 Å². The zero-order valence-electron chi connectivity index (χ0n) is 36.9. The number of nitrogens with zero attached hydrogens (tertiary/aromatic N) is 3. The molecule has 8 rings (SSSR count). The number of piperidine rings is 1. The van der Waals surface area contributed by atoms with Crippen molar-refractivity contribution in [3.05, 3.63) is 119 Å². The van der Waals surface area contributed by atoms with Crippen LogP contribution in [0.1, 0.15) is 51.1 Å². The van der Waals surface area contributed by atoms with Crippen molar-refractivity contribution in [3.63, 3.8) is 0 Å². The van der Waals surface area contributed by atoms with E-state index in [0.29, 0.717) is 44.1 Å². The Kier molecular flexibility index (Phi) is 14.4. The van der Waals surface area contributed by atoms with E-state index in [0.717, 1.165) is 32.6 Å². The second kappa shape index (κ2) is 20.7. The van der Waals surface area contributed by atoms with Crippen LogP contribution in [0, 0.1) is 6.92 Å². The molecule has 3 aliphatic heterocycles. The molecule has 4 aromatic carbocycles. The van der Waals surface area contributed by atoms with Crippen LogP contribution >= 0.6 is 0 Å². The zero-order chi connectivity index (χ0) is 47.1. The molecule has 0 aliphatic carbocycles. The molecule has 2 unspecified atom stereocenters. The summed E-state index contributed by atoms with van der Waals surface area (Å²) in [5, 5.41) is 9.13. The van der Waals surface area contributed by atoms with Crippen LogP contribution in [-0.4, -0.2) is 130 Å². The first-order chi connectivity index (χ1) is 32.4. The van der Waals surface area contributed by atoms with Crippen molar-refractivity contribution in [2.75, 3.05) is 74.7 Å². The number of ether oxygens (including phenoxy) is 2. The molecule has 2 fully saturated rings. The SMILES string of the molecule is Cc1ccc(S(=O)(=O)NC(Cc2c[nH]c3ccccc23)C(=O)Nc2ccc(N3CCN(C(=O)CCOCCOCCNc4cccc5c4C(=O)N(C4CCC(=O)NC4=O)C5=O)CC3)cc2)cc1. The highest BCUT2D eigenvalue weighted by Gasteiger charge is 2.45. The summed E-state index contributed by atoms with van der Waals surface area (Å²) in [6, 6.07) is 24.1. The van der Waals surface area contributed by atoms with Crippen LogP contribution in [0.15, 0.2) is 102 Å². The van der Waals surface area contributed by atoms with Crippen LogP contribution in [0.2, 0.25) is 0 Å². The topological polar surface area (TPSA) is 229 Å². The van der Waals surface area contributed by atoms with Crippen molar-refractivity contribution in [1.29, 1.82) is 0 Å². The van der Waals surface area contributed by atoms with E-state index in [1.165, 1.54) is 18.2 Å². The molecule has 5 aromatic rings. The normalized spacial score (nSPS) is 16.9. The predicted octanol–water partition coefficient (Wildman–Crippen LogP) is 3.59. The molecule has 0 saturated carbocycles. The van der Waals surface area contributed by atoms with Crippen molar-refractivity contribution >= 4 is 73.4 Å². The third-order valence-electron chi connectivity index (χ3n) is 12.0. The maximum atomic E-state index is 13.8. The Balaban J connectivity index is 0.738. The van der Waals surface area contributed by atoms with Gasteiger partial charge in [-0.3, -0.25) is 39.0 Å². The van der Waals surface area contributed by atoms with Crippen molar-refractivity contribution in [2.24, 2.45) is 0 Å². The fourth-order valence-corrected chi connectivity index (χ4v) is 9.64. The highest BCUT2D eigenvalue weighted by molar-refractivity contribution is 7.89. The van der Waals surface area contributed by atoms with E-state index in [4.69, 9.17) is 9.47 Å². The third kappa shape index (κ3) is 10.9. The average molecular weight is 933 g/mol.